The molecule has 136 valence electrons. The molecule has 0 atom stereocenters. The third-order valence-corrected chi connectivity index (χ3v) is 4.38. The van der Waals surface area contributed by atoms with Gasteiger partial charge in [-0.2, -0.15) is 0 Å². The van der Waals surface area contributed by atoms with Gasteiger partial charge in [-0.3, -0.25) is 4.79 Å². The molecule has 3 rings (SSSR count). The highest BCUT2D eigenvalue weighted by Gasteiger charge is 2.25. The summed E-state index contributed by atoms with van der Waals surface area (Å²) < 4.78 is 31.2. The molecule has 5 nitrogen and oxygen atoms in total. The van der Waals surface area contributed by atoms with Gasteiger partial charge >= 0.3 is 5.97 Å². The average Bonchev–Trinajstić information content (AvgIpc) is 2.69. The number of anilines is 1. The minimum absolute atomic E-state index is 0.118. The minimum atomic E-state index is -1.04. The van der Waals surface area contributed by atoms with Crippen LogP contribution in [0.15, 0.2) is 42.5 Å². The molecule has 1 amide bonds. The van der Waals surface area contributed by atoms with Gasteiger partial charge in [0, 0.05) is 31.7 Å². The first-order chi connectivity index (χ1) is 12.5. The molecule has 1 heterocycles. The highest BCUT2D eigenvalue weighted by Crippen LogP contribution is 2.23. The molecule has 2 aromatic rings. The van der Waals surface area contributed by atoms with E-state index in [2.05, 4.69) is 0 Å². The third kappa shape index (κ3) is 3.51. The fourth-order valence-electron chi connectivity index (χ4n) is 2.99. The molecule has 2 aromatic carbocycles. The van der Waals surface area contributed by atoms with Gasteiger partial charge in [-0.15, -0.1) is 0 Å². The number of rotatable bonds is 3. The van der Waals surface area contributed by atoms with E-state index in [0.29, 0.717) is 31.7 Å². The summed E-state index contributed by atoms with van der Waals surface area (Å²) in [5, 5.41) is 0. The topological polar surface area (TPSA) is 49.9 Å². The molecule has 0 saturated carbocycles. The molecule has 1 aliphatic rings. The first-order valence-corrected chi connectivity index (χ1v) is 8.18. The normalized spacial score (nSPS) is 14.3. The van der Waals surface area contributed by atoms with Gasteiger partial charge in [-0.1, -0.05) is 12.1 Å². The van der Waals surface area contributed by atoms with Crippen LogP contribution >= 0.6 is 0 Å². The maximum absolute atomic E-state index is 13.3. The number of para-hydroxylation sites is 1. The van der Waals surface area contributed by atoms with E-state index in [9.17, 15) is 18.4 Å². The first kappa shape index (κ1) is 17.8. The molecule has 1 saturated heterocycles. The van der Waals surface area contributed by atoms with Gasteiger partial charge in [0.1, 0.15) is 0 Å². The monoisotopic (exact) mass is 360 g/mol. The number of piperazine rings is 1. The molecular formula is C19H18F2N2O3. The lowest BCUT2D eigenvalue weighted by atomic mass is 10.1. The van der Waals surface area contributed by atoms with Crippen molar-refractivity contribution >= 4 is 17.6 Å². The summed E-state index contributed by atoms with van der Waals surface area (Å²) >= 11 is 0. The predicted octanol–water partition coefficient (Wildman–Crippen LogP) is 2.71. The van der Waals surface area contributed by atoms with Crippen LogP contribution in [0, 0.1) is 11.6 Å². The summed E-state index contributed by atoms with van der Waals surface area (Å²) in [7, 11) is 1.33. The van der Waals surface area contributed by atoms with E-state index in [-0.39, 0.29) is 11.5 Å². The number of amides is 1. The molecule has 1 fully saturated rings. The van der Waals surface area contributed by atoms with Crippen molar-refractivity contribution in [2.45, 2.75) is 0 Å². The van der Waals surface area contributed by atoms with Crippen molar-refractivity contribution in [3.63, 3.8) is 0 Å². The van der Waals surface area contributed by atoms with Crippen LogP contribution in [0.1, 0.15) is 20.7 Å². The van der Waals surface area contributed by atoms with Gasteiger partial charge in [0.25, 0.3) is 5.91 Å². The van der Waals surface area contributed by atoms with Gasteiger partial charge < -0.3 is 14.5 Å². The van der Waals surface area contributed by atoms with Crippen LogP contribution in [0.25, 0.3) is 0 Å². The summed E-state index contributed by atoms with van der Waals surface area (Å²) in [6.07, 6.45) is 0. The standard InChI is InChI=1S/C19H18F2N2O3/c1-26-19(25)14-4-2-3-5-17(14)22-8-10-23(11-9-22)18(24)13-6-7-15(20)16(21)12-13/h2-7,12H,8-11H2,1H3. The summed E-state index contributed by atoms with van der Waals surface area (Å²) in [5.74, 6) is -2.78. The number of carbonyl (C=O) groups excluding carboxylic acids is 2. The highest BCUT2D eigenvalue weighted by atomic mass is 19.2. The minimum Gasteiger partial charge on any atom is -0.465 e. The zero-order chi connectivity index (χ0) is 18.7. The molecule has 0 spiro atoms. The lowest BCUT2D eigenvalue weighted by Gasteiger charge is -2.36. The number of nitrogens with zero attached hydrogens (tertiary/aromatic N) is 2. The summed E-state index contributed by atoms with van der Waals surface area (Å²) in [4.78, 5) is 28.0. The quantitative estimate of drug-likeness (QED) is 0.790. The van der Waals surface area contributed by atoms with Crippen molar-refractivity contribution in [2.75, 3.05) is 38.2 Å². The van der Waals surface area contributed by atoms with Crippen LogP contribution in [0.5, 0.6) is 0 Å². The van der Waals surface area contributed by atoms with Gasteiger partial charge in [-0.05, 0) is 30.3 Å². The van der Waals surface area contributed by atoms with Crippen molar-refractivity contribution in [3.05, 3.63) is 65.2 Å². The van der Waals surface area contributed by atoms with Crippen molar-refractivity contribution < 1.29 is 23.1 Å². The Hall–Kier alpha value is -2.96. The molecule has 1 aliphatic heterocycles. The van der Waals surface area contributed by atoms with Gasteiger partial charge in [0.05, 0.1) is 18.4 Å². The lowest BCUT2D eigenvalue weighted by Crippen LogP contribution is -2.49. The number of carbonyl (C=O) groups is 2. The van der Waals surface area contributed by atoms with Crippen molar-refractivity contribution in [2.24, 2.45) is 0 Å². The Balaban J connectivity index is 1.71. The van der Waals surface area contributed by atoms with E-state index in [1.165, 1.54) is 13.2 Å². The van der Waals surface area contributed by atoms with E-state index in [4.69, 9.17) is 4.74 Å². The van der Waals surface area contributed by atoms with E-state index >= 15 is 0 Å². The predicted molar refractivity (Wildman–Crippen MR) is 92.3 cm³/mol. The van der Waals surface area contributed by atoms with Crippen molar-refractivity contribution in [1.82, 2.24) is 4.90 Å². The highest BCUT2D eigenvalue weighted by molar-refractivity contribution is 5.96. The zero-order valence-electron chi connectivity index (χ0n) is 14.2. The van der Waals surface area contributed by atoms with Crippen molar-refractivity contribution in [3.8, 4) is 0 Å². The first-order valence-electron chi connectivity index (χ1n) is 8.18. The van der Waals surface area contributed by atoms with Gasteiger partial charge in [0.15, 0.2) is 11.6 Å². The molecule has 0 aliphatic carbocycles. The smallest absolute Gasteiger partial charge is 0.339 e. The molecule has 7 heteroatoms. The van der Waals surface area contributed by atoms with Crippen LogP contribution < -0.4 is 4.90 Å². The number of hydrogen-bond acceptors (Lipinski definition) is 4. The Labute approximate surface area is 149 Å². The Morgan fingerprint density at radius 1 is 0.962 bits per heavy atom. The number of methoxy groups -OCH3 is 1. The van der Waals surface area contributed by atoms with E-state index < -0.39 is 17.6 Å². The number of ether oxygens (including phenoxy) is 1. The second-order valence-corrected chi connectivity index (χ2v) is 5.92. The van der Waals surface area contributed by atoms with Crippen LogP contribution in [0.2, 0.25) is 0 Å². The molecule has 0 unspecified atom stereocenters. The summed E-state index contributed by atoms with van der Waals surface area (Å²) in [5.41, 5.74) is 1.34. The maximum Gasteiger partial charge on any atom is 0.339 e. The van der Waals surface area contributed by atoms with Crippen LogP contribution in [0.3, 0.4) is 0 Å². The van der Waals surface area contributed by atoms with Crippen LogP contribution in [-0.4, -0.2) is 50.1 Å². The molecule has 0 aromatic heterocycles. The number of halogens is 2. The molecule has 0 N–H and O–H groups in total. The third-order valence-electron chi connectivity index (χ3n) is 4.38. The molecule has 0 radical (unpaired) electrons. The van der Waals surface area contributed by atoms with E-state index in [1.807, 2.05) is 17.0 Å². The van der Waals surface area contributed by atoms with Crippen LogP contribution in [0.4, 0.5) is 14.5 Å². The summed E-state index contributed by atoms with van der Waals surface area (Å²) in [6, 6.07) is 10.3. The number of hydrogen-bond donors (Lipinski definition) is 0. The summed E-state index contributed by atoms with van der Waals surface area (Å²) in [6.45, 7) is 1.85. The fraction of sp³-hybridized carbons (Fsp3) is 0.263. The molecular weight excluding hydrogens is 342 g/mol. The zero-order valence-corrected chi connectivity index (χ0v) is 14.2. The largest absolute Gasteiger partial charge is 0.465 e. The van der Waals surface area contributed by atoms with Crippen molar-refractivity contribution in [1.29, 1.82) is 0 Å². The second kappa shape index (κ2) is 7.51. The lowest BCUT2D eigenvalue weighted by molar-refractivity contribution is 0.0600. The van der Waals surface area contributed by atoms with Gasteiger partial charge in [-0.25, -0.2) is 13.6 Å². The Morgan fingerprint density at radius 3 is 2.31 bits per heavy atom. The molecule has 0 bridgehead atoms. The van der Waals surface area contributed by atoms with Crippen LogP contribution in [-0.2, 0) is 4.74 Å². The van der Waals surface area contributed by atoms with E-state index in [1.54, 1.807) is 17.0 Å². The van der Waals surface area contributed by atoms with Gasteiger partial charge in [0.2, 0.25) is 0 Å². The number of benzene rings is 2. The van der Waals surface area contributed by atoms with E-state index in [0.717, 1.165) is 17.8 Å². The number of esters is 1. The average molecular weight is 360 g/mol. The Morgan fingerprint density at radius 2 is 1.65 bits per heavy atom. The second-order valence-electron chi connectivity index (χ2n) is 5.92. The molecule has 26 heavy (non-hydrogen) atoms. The Kier molecular flexibility index (Phi) is 5.16. The SMILES string of the molecule is COC(=O)c1ccccc1N1CCN(C(=O)c2ccc(F)c(F)c2)CC1. The fourth-order valence-corrected chi connectivity index (χ4v) is 2.99. The Bertz CT molecular complexity index is 833. The maximum atomic E-state index is 13.3.